The molecule has 1 saturated heterocycles. The van der Waals surface area contributed by atoms with Crippen LogP contribution in [0.4, 0.5) is 41.2 Å². The van der Waals surface area contributed by atoms with Crippen LogP contribution in [-0.4, -0.2) is 68.1 Å². The minimum absolute atomic E-state index is 0. The van der Waals surface area contributed by atoms with Crippen molar-refractivity contribution in [1.82, 2.24) is 15.1 Å². The molecule has 0 aromatic heterocycles. The zero-order valence-corrected chi connectivity index (χ0v) is 24.6. The van der Waals surface area contributed by atoms with Gasteiger partial charge in [0.2, 0.25) is 5.91 Å². The van der Waals surface area contributed by atoms with Crippen LogP contribution in [0.3, 0.4) is 0 Å². The van der Waals surface area contributed by atoms with Gasteiger partial charge in [0.15, 0.2) is 0 Å². The van der Waals surface area contributed by atoms with E-state index in [1.165, 1.54) is 24.1 Å². The lowest BCUT2D eigenvalue weighted by molar-refractivity contribution is -0.143. The third-order valence-electron chi connectivity index (χ3n) is 8.43. The summed E-state index contributed by atoms with van der Waals surface area (Å²) in [7, 11) is 4.36. The van der Waals surface area contributed by atoms with Gasteiger partial charge in [-0.3, -0.25) is 9.69 Å². The van der Waals surface area contributed by atoms with Crippen LogP contribution >= 0.6 is 12.4 Å². The van der Waals surface area contributed by atoms with E-state index >= 15 is 0 Å². The van der Waals surface area contributed by atoms with Crippen LogP contribution in [0.1, 0.15) is 48.3 Å². The fourth-order valence-corrected chi connectivity index (χ4v) is 5.90. The molecule has 43 heavy (non-hydrogen) atoms. The summed E-state index contributed by atoms with van der Waals surface area (Å²) in [5.41, 5.74) is -3.01. The van der Waals surface area contributed by atoms with Gasteiger partial charge in [-0.2, -0.15) is 26.3 Å². The summed E-state index contributed by atoms with van der Waals surface area (Å²) < 4.78 is 94.3. The highest BCUT2D eigenvalue weighted by Crippen LogP contribution is 2.39. The van der Waals surface area contributed by atoms with Crippen molar-refractivity contribution in [3.05, 3.63) is 65.0 Å². The second kappa shape index (κ2) is 13.3. The molecule has 0 radical (unpaired) electrons. The molecular weight excluding hydrogens is 605 g/mol. The molecule has 2 fully saturated rings. The Morgan fingerprint density at radius 3 is 1.88 bits per heavy atom. The molecule has 238 valence electrons. The van der Waals surface area contributed by atoms with Gasteiger partial charge >= 0.3 is 18.4 Å². The molecular formula is C29H34ClF7N4O2. The number of carbonyl (C=O) groups is 2. The molecule has 0 spiro atoms. The second-order valence-corrected chi connectivity index (χ2v) is 11.0. The monoisotopic (exact) mass is 638 g/mol. The van der Waals surface area contributed by atoms with Crippen LogP contribution in [0.2, 0.25) is 0 Å². The molecule has 14 heteroatoms. The van der Waals surface area contributed by atoms with E-state index in [1.54, 1.807) is 17.0 Å². The van der Waals surface area contributed by atoms with Crippen LogP contribution < -0.4 is 10.2 Å². The van der Waals surface area contributed by atoms with E-state index in [1.807, 2.05) is 7.05 Å². The molecule has 1 aliphatic carbocycles. The largest absolute Gasteiger partial charge is 0.416 e. The molecule has 3 amide bonds. The first-order valence-corrected chi connectivity index (χ1v) is 13.6. The Morgan fingerprint density at radius 1 is 0.860 bits per heavy atom. The first-order chi connectivity index (χ1) is 19.6. The van der Waals surface area contributed by atoms with E-state index in [0.717, 1.165) is 24.8 Å². The summed E-state index contributed by atoms with van der Waals surface area (Å²) in [5.74, 6) is -1.20. The molecule has 6 nitrogen and oxygen atoms in total. The van der Waals surface area contributed by atoms with Crippen LogP contribution in [0, 0.1) is 11.7 Å². The van der Waals surface area contributed by atoms with E-state index in [2.05, 4.69) is 5.32 Å². The number of alkyl halides is 6. The zero-order valence-electron chi connectivity index (χ0n) is 23.8. The van der Waals surface area contributed by atoms with Crippen LogP contribution in [-0.2, 0) is 17.1 Å². The predicted octanol–water partition coefficient (Wildman–Crippen LogP) is 6.55. The average molecular weight is 639 g/mol. The van der Waals surface area contributed by atoms with Crippen molar-refractivity contribution in [2.24, 2.45) is 5.92 Å². The van der Waals surface area contributed by atoms with E-state index in [9.17, 15) is 40.3 Å². The Kier molecular flexibility index (Phi) is 10.6. The lowest BCUT2D eigenvalue weighted by Crippen LogP contribution is -2.48. The number of amides is 3. The predicted molar refractivity (Wildman–Crippen MR) is 150 cm³/mol. The van der Waals surface area contributed by atoms with E-state index in [-0.39, 0.29) is 43.4 Å². The quantitative estimate of drug-likeness (QED) is 0.378. The van der Waals surface area contributed by atoms with Crippen LogP contribution in [0.25, 0.3) is 0 Å². The fraction of sp³-hybridized carbons (Fsp3) is 0.517. The molecule has 2 atom stereocenters. The fourth-order valence-electron chi connectivity index (χ4n) is 5.90. The third-order valence-corrected chi connectivity index (χ3v) is 8.43. The maximum absolute atomic E-state index is 13.7. The van der Waals surface area contributed by atoms with Crippen LogP contribution in [0.15, 0.2) is 42.5 Å². The highest BCUT2D eigenvalue weighted by atomic mass is 35.5. The van der Waals surface area contributed by atoms with Gasteiger partial charge in [0.1, 0.15) is 5.82 Å². The summed E-state index contributed by atoms with van der Waals surface area (Å²) in [6.45, 7) is 0.337. The number of nitrogens with one attached hydrogen (secondary N) is 1. The molecule has 0 unspecified atom stereocenters. The van der Waals surface area contributed by atoms with Gasteiger partial charge < -0.3 is 15.1 Å². The smallest absolute Gasteiger partial charge is 0.340 e. The van der Waals surface area contributed by atoms with Gasteiger partial charge in [-0.15, -0.1) is 12.4 Å². The number of hydrogen-bond acceptors (Lipinski definition) is 3. The summed E-state index contributed by atoms with van der Waals surface area (Å²) in [6, 6.07) is 5.39. The molecule has 1 heterocycles. The molecule has 1 N–H and O–H groups in total. The second-order valence-electron chi connectivity index (χ2n) is 11.0. The van der Waals surface area contributed by atoms with E-state index in [4.69, 9.17) is 0 Å². The average Bonchev–Trinajstić information content (AvgIpc) is 3.40. The number of hydrogen-bond donors (Lipinski definition) is 1. The standard InChI is InChI=1S/C29H33F7N4O2.ClH/c1-37-22-10-6-18(7-11-22)26(41)40-15-24(17-4-8-21(30)9-5-17)25(16-40)39(3)27(42)38(2)23-13-19(28(31,32)33)12-20(14-23)29(34,35)36;/h4-5,8-9,12-14,18,22,24-25,37H,6-7,10-11,15-16H2,1-3H3;1H/t18?,22?,24-,25+;/m0./s1. The highest BCUT2D eigenvalue weighted by Gasteiger charge is 2.43. The van der Waals surface area contributed by atoms with Crippen molar-refractivity contribution in [2.75, 3.05) is 39.1 Å². The summed E-state index contributed by atoms with van der Waals surface area (Å²) in [4.78, 5) is 30.7. The van der Waals surface area contributed by atoms with E-state index < -0.39 is 53.0 Å². The number of anilines is 1. The van der Waals surface area contributed by atoms with Crippen molar-refractivity contribution < 1.29 is 40.3 Å². The number of carbonyl (C=O) groups excluding carboxylic acids is 2. The van der Waals surface area contributed by atoms with Crippen molar-refractivity contribution in [3.63, 3.8) is 0 Å². The normalized spacial score (nSPS) is 22.6. The SMILES string of the molecule is CNC1CCC(C(=O)N2C[C@@H](N(C)C(=O)N(C)c3cc(C(F)(F)F)cc(C(F)(F)F)c3)[C@H](c3ccc(F)cc3)C2)CC1.Cl. The van der Waals surface area contributed by atoms with Crippen molar-refractivity contribution >= 4 is 30.0 Å². The van der Waals surface area contributed by atoms with Gasteiger partial charge in [-0.05, 0) is 68.6 Å². The van der Waals surface area contributed by atoms with Crippen molar-refractivity contribution in [2.45, 2.75) is 56.0 Å². The first-order valence-electron chi connectivity index (χ1n) is 13.6. The van der Waals surface area contributed by atoms with Gasteiger partial charge in [-0.25, -0.2) is 9.18 Å². The molecule has 2 aromatic carbocycles. The number of rotatable bonds is 5. The third kappa shape index (κ3) is 7.72. The Balaban J connectivity index is 0.00000506. The minimum Gasteiger partial charge on any atom is -0.340 e. The van der Waals surface area contributed by atoms with E-state index in [0.29, 0.717) is 36.6 Å². The number of halogens is 8. The summed E-state index contributed by atoms with van der Waals surface area (Å²) >= 11 is 0. The number of likely N-dealkylation sites (tertiary alicyclic amines) is 1. The van der Waals surface area contributed by atoms with Gasteiger partial charge in [0.25, 0.3) is 0 Å². The maximum atomic E-state index is 13.7. The number of urea groups is 1. The summed E-state index contributed by atoms with van der Waals surface area (Å²) in [6.07, 6.45) is -7.07. The van der Waals surface area contributed by atoms with Crippen LogP contribution in [0.5, 0.6) is 0 Å². The zero-order chi connectivity index (χ0) is 31.0. The number of likely N-dealkylation sites (N-methyl/N-ethyl adjacent to an activating group) is 1. The van der Waals surface area contributed by atoms with Gasteiger partial charge in [0.05, 0.1) is 17.2 Å². The molecule has 1 aliphatic heterocycles. The Labute approximate surface area is 251 Å². The molecule has 0 bridgehead atoms. The Hall–Kier alpha value is -3.06. The van der Waals surface area contributed by atoms with Gasteiger partial charge in [0, 0.05) is 50.7 Å². The lowest BCUT2D eigenvalue weighted by Gasteiger charge is -2.33. The highest BCUT2D eigenvalue weighted by molar-refractivity contribution is 5.92. The van der Waals surface area contributed by atoms with Gasteiger partial charge in [-0.1, -0.05) is 12.1 Å². The van der Waals surface area contributed by atoms with Crippen molar-refractivity contribution in [3.8, 4) is 0 Å². The first kappa shape index (κ1) is 34.4. The molecule has 4 rings (SSSR count). The lowest BCUT2D eigenvalue weighted by atomic mass is 9.85. The molecule has 2 aliphatic rings. The Bertz CT molecular complexity index is 1250. The number of nitrogens with zero attached hydrogens (tertiary/aromatic N) is 3. The maximum Gasteiger partial charge on any atom is 0.416 e. The topological polar surface area (TPSA) is 55.9 Å². The molecule has 1 saturated carbocycles. The van der Waals surface area contributed by atoms with Crippen molar-refractivity contribution in [1.29, 1.82) is 0 Å². The Morgan fingerprint density at radius 2 is 1.40 bits per heavy atom. The number of benzene rings is 2. The summed E-state index contributed by atoms with van der Waals surface area (Å²) in [5, 5.41) is 3.22. The minimum atomic E-state index is -5.07. The molecule has 2 aromatic rings.